The van der Waals surface area contributed by atoms with Gasteiger partial charge >= 0.3 is 6.18 Å². The van der Waals surface area contributed by atoms with E-state index in [-0.39, 0.29) is 6.54 Å². The maximum atomic E-state index is 12.6. The van der Waals surface area contributed by atoms with Gasteiger partial charge in [-0.3, -0.25) is 0 Å². The van der Waals surface area contributed by atoms with Crippen molar-refractivity contribution in [1.29, 1.82) is 0 Å². The molecule has 0 unspecified atom stereocenters. The zero-order valence-corrected chi connectivity index (χ0v) is 12.7. The average Bonchev–Trinajstić information content (AvgIpc) is 2.85. The van der Waals surface area contributed by atoms with Crippen molar-refractivity contribution in [3.05, 3.63) is 29.3 Å². The van der Waals surface area contributed by atoms with E-state index in [1.807, 2.05) is 6.26 Å². The van der Waals surface area contributed by atoms with Crippen LogP contribution in [0.15, 0.2) is 31.8 Å². The Morgan fingerprint density at radius 1 is 1.25 bits per heavy atom. The highest BCUT2D eigenvalue weighted by molar-refractivity contribution is 8.03. The van der Waals surface area contributed by atoms with Crippen molar-refractivity contribution < 1.29 is 13.2 Å². The molecule has 0 atom stereocenters. The number of halogens is 3. The van der Waals surface area contributed by atoms with Crippen LogP contribution >= 0.6 is 34.9 Å². The fourth-order valence-electron chi connectivity index (χ4n) is 1.43. The Hall–Kier alpha value is -0.770. The molecule has 9 heteroatoms. The molecule has 0 bridgehead atoms. The van der Waals surface area contributed by atoms with E-state index in [1.165, 1.54) is 40.9 Å². The van der Waals surface area contributed by atoms with Gasteiger partial charge in [0.2, 0.25) is 0 Å². The van der Waals surface area contributed by atoms with Crippen molar-refractivity contribution in [2.24, 2.45) is 5.73 Å². The highest BCUT2D eigenvalue weighted by Crippen LogP contribution is 2.37. The van der Waals surface area contributed by atoms with Gasteiger partial charge in [-0.05, 0) is 30.0 Å². The smallest absolute Gasteiger partial charge is 0.326 e. The molecule has 0 spiro atoms. The SMILES string of the molecule is CSc1nnc(Sc2ccc(C(F)(F)F)cc2CN)s1. The molecule has 2 rings (SSSR count). The Bertz CT molecular complexity index is 598. The van der Waals surface area contributed by atoms with Crippen LogP contribution in [0.5, 0.6) is 0 Å². The second kappa shape index (κ2) is 6.33. The van der Waals surface area contributed by atoms with Crippen LogP contribution in [0, 0.1) is 0 Å². The molecule has 1 aromatic carbocycles. The molecule has 0 aliphatic heterocycles. The van der Waals surface area contributed by atoms with E-state index in [1.54, 1.807) is 0 Å². The molecular formula is C11H10F3N3S3. The van der Waals surface area contributed by atoms with Crippen molar-refractivity contribution in [2.75, 3.05) is 6.26 Å². The molecule has 0 fully saturated rings. The minimum Gasteiger partial charge on any atom is -0.326 e. The zero-order chi connectivity index (χ0) is 14.8. The van der Waals surface area contributed by atoms with E-state index >= 15 is 0 Å². The first-order valence-electron chi connectivity index (χ1n) is 5.39. The summed E-state index contributed by atoms with van der Waals surface area (Å²) in [6.07, 6.45) is -2.47. The fourth-order valence-corrected chi connectivity index (χ4v) is 3.95. The summed E-state index contributed by atoms with van der Waals surface area (Å²) in [4.78, 5) is 0.671. The maximum absolute atomic E-state index is 12.6. The number of hydrogen-bond donors (Lipinski definition) is 1. The van der Waals surface area contributed by atoms with E-state index in [0.29, 0.717) is 14.8 Å². The lowest BCUT2D eigenvalue weighted by molar-refractivity contribution is -0.137. The van der Waals surface area contributed by atoms with E-state index in [2.05, 4.69) is 10.2 Å². The average molecular weight is 337 g/mol. The van der Waals surface area contributed by atoms with Gasteiger partial charge in [-0.15, -0.1) is 10.2 Å². The summed E-state index contributed by atoms with van der Waals surface area (Å²) in [6, 6.07) is 3.56. The molecule has 0 aliphatic rings. The third-order valence-corrected chi connectivity index (χ3v) is 5.44. The number of aromatic nitrogens is 2. The van der Waals surface area contributed by atoms with Crippen molar-refractivity contribution in [1.82, 2.24) is 10.2 Å². The standard InChI is InChI=1S/C11H10F3N3S3/c1-18-9-16-17-10(20-9)19-8-3-2-7(11(12,13)14)4-6(8)5-15/h2-4H,5,15H2,1H3. The van der Waals surface area contributed by atoms with Crippen LogP contribution in [-0.2, 0) is 12.7 Å². The van der Waals surface area contributed by atoms with Crippen molar-refractivity contribution in [2.45, 2.75) is 26.3 Å². The first-order chi connectivity index (χ1) is 9.44. The number of benzene rings is 1. The van der Waals surface area contributed by atoms with Crippen molar-refractivity contribution in [3.63, 3.8) is 0 Å². The van der Waals surface area contributed by atoms with Crippen molar-refractivity contribution in [3.8, 4) is 0 Å². The first-order valence-corrected chi connectivity index (χ1v) is 8.25. The normalized spacial score (nSPS) is 11.8. The molecule has 3 nitrogen and oxygen atoms in total. The second-order valence-corrected chi connectivity index (χ2v) is 6.98. The fraction of sp³-hybridized carbons (Fsp3) is 0.273. The molecule has 0 saturated carbocycles. The molecular weight excluding hydrogens is 327 g/mol. The quantitative estimate of drug-likeness (QED) is 0.858. The number of thioether (sulfide) groups is 1. The Kier molecular flexibility index (Phi) is 4.95. The summed E-state index contributed by atoms with van der Waals surface area (Å²) in [5.41, 5.74) is 5.29. The number of hydrogen-bond acceptors (Lipinski definition) is 6. The number of alkyl halides is 3. The predicted molar refractivity (Wildman–Crippen MR) is 75.1 cm³/mol. The van der Waals surface area contributed by atoms with E-state index in [4.69, 9.17) is 5.73 Å². The van der Waals surface area contributed by atoms with Crippen LogP contribution in [0.25, 0.3) is 0 Å². The van der Waals surface area contributed by atoms with Crippen LogP contribution in [0.2, 0.25) is 0 Å². The number of nitrogens with two attached hydrogens (primary N) is 1. The molecule has 0 radical (unpaired) electrons. The van der Waals surface area contributed by atoms with Crippen LogP contribution in [0.1, 0.15) is 11.1 Å². The van der Waals surface area contributed by atoms with Crippen LogP contribution in [0.4, 0.5) is 13.2 Å². The number of rotatable bonds is 4. The van der Waals surface area contributed by atoms with Gasteiger partial charge in [-0.2, -0.15) is 13.2 Å². The largest absolute Gasteiger partial charge is 0.416 e. The summed E-state index contributed by atoms with van der Waals surface area (Å²) in [7, 11) is 0. The Balaban J connectivity index is 2.27. The summed E-state index contributed by atoms with van der Waals surface area (Å²) in [6.45, 7) is 0.0421. The molecule has 0 amide bonds. The lowest BCUT2D eigenvalue weighted by Gasteiger charge is -2.11. The van der Waals surface area contributed by atoms with Gasteiger partial charge in [0.05, 0.1) is 5.56 Å². The van der Waals surface area contributed by atoms with Crippen LogP contribution in [-0.4, -0.2) is 16.5 Å². The topological polar surface area (TPSA) is 51.8 Å². The summed E-state index contributed by atoms with van der Waals surface area (Å²) in [5, 5.41) is 7.92. The molecule has 0 saturated heterocycles. The van der Waals surface area contributed by atoms with Gasteiger partial charge < -0.3 is 5.73 Å². The van der Waals surface area contributed by atoms with Gasteiger partial charge in [-0.25, -0.2) is 0 Å². The Morgan fingerprint density at radius 2 is 1.95 bits per heavy atom. The molecule has 1 heterocycles. The molecule has 20 heavy (non-hydrogen) atoms. The molecule has 108 valence electrons. The maximum Gasteiger partial charge on any atom is 0.416 e. The predicted octanol–water partition coefficient (Wildman–Crippen LogP) is 3.89. The van der Waals surface area contributed by atoms with Gasteiger partial charge in [0.25, 0.3) is 0 Å². The Morgan fingerprint density at radius 3 is 2.50 bits per heavy atom. The van der Waals surface area contributed by atoms with E-state index in [0.717, 1.165) is 16.5 Å². The molecule has 2 N–H and O–H groups in total. The van der Waals surface area contributed by atoms with Gasteiger partial charge in [0.1, 0.15) is 0 Å². The second-order valence-electron chi connectivity index (χ2n) is 3.66. The monoisotopic (exact) mass is 337 g/mol. The van der Waals surface area contributed by atoms with Crippen molar-refractivity contribution >= 4 is 34.9 Å². The van der Waals surface area contributed by atoms with Crippen LogP contribution < -0.4 is 5.73 Å². The first kappa shape index (κ1) is 15.6. The summed E-state index contributed by atoms with van der Waals surface area (Å²) < 4.78 is 39.4. The van der Waals surface area contributed by atoms with Crippen LogP contribution in [0.3, 0.4) is 0 Å². The molecule has 1 aromatic heterocycles. The summed E-state index contributed by atoms with van der Waals surface area (Å²) in [5.74, 6) is 0. The van der Waals surface area contributed by atoms with Gasteiger partial charge in [-0.1, -0.05) is 34.9 Å². The van der Waals surface area contributed by atoms with Gasteiger partial charge in [0.15, 0.2) is 8.68 Å². The molecule has 0 aliphatic carbocycles. The van der Waals surface area contributed by atoms with Gasteiger partial charge in [0, 0.05) is 11.4 Å². The van der Waals surface area contributed by atoms with E-state index < -0.39 is 11.7 Å². The minimum atomic E-state index is -4.36. The minimum absolute atomic E-state index is 0.0421. The number of nitrogens with zero attached hydrogens (tertiary/aromatic N) is 2. The third kappa shape index (κ3) is 3.66. The highest BCUT2D eigenvalue weighted by atomic mass is 32.2. The lowest BCUT2D eigenvalue weighted by atomic mass is 10.1. The van der Waals surface area contributed by atoms with E-state index in [9.17, 15) is 13.2 Å². The summed E-state index contributed by atoms with van der Waals surface area (Å²) >= 11 is 4.15. The highest BCUT2D eigenvalue weighted by Gasteiger charge is 2.31. The Labute approximate surface area is 126 Å². The lowest BCUT2D eigenvalue weighted by Crippen LogP contribution is -2.07. The zero-order valence-electron chi connectivity index (χ0n) is 10.3. The molecule has 2 aromatic rings. The third-order valence-electron chi connectivity index (χ3n) is 2.37.